The molecule has 0 saturated heterocycles. The molecule has 2 aromatic rings. The van der Waals surface area contributed by atoms with E-state index in [4.69, 9.17) is 114 Å². The van der Waals surface area contributed by atoms with Crippen molar-refractivity contribution in [2.45, 2.75) is 140 Å². The standard InChI is InChI=1S/C95H157N5O34S2.C6H15N/c1-94(2)84-80-82(135-134-133-105)22-24-86(84)98(30-15-7-12-20-90(101)96-28-14-9-17-32-100-92(103)26-27-93(100)104)88(94)18-10-6-11-19-89-95(3,4)85-81-83(136(106,107)108)23-25-87(85)99(89)31-16-8-13-21-91(102)97-29-33-110-36-37-112-40-41-114-44-45-116-48-49-118-52-53-120-56-57-122-60-61-124-64-65-126-68-69-128-72-73-130-76-77-132-79-78-131-75-74-129-71-70-127-67-66-125-63-62-123-59-58-121-55-54-119-51-50-117-47-46-115-43-42-113-39-38-111-35-34-109-5;1-4-7(5-2)6-3/h6,10-11,18-19,22-27,80-81H,7-9,12-17,20-21,28-79H2,1-5H3,(H3-,96,97,101,102,105,106,107,108);4-6H2,1-3H3. The van der Waals surface area contributed by atoms with Gasteiger partial charge in [0.25, 0.3) is 11.8 Å². The van der Waals surface area contributed by atoms with Crippen LogP contribution in [0.3, 0.4) is 0 Å². The molecule has 42 heteroatoms. The van der Waals surface area contributed by atoms with Crippen molar-refractivity contribution in [3.8, 4) is 0 Å². The Morgan fingerprint density at radius 1 is 0.399 bits per heavy atom. The minimum absolute atomic E-state index is 0.0160. The molecule has 3 heterocycles. The average molecular weight is 2080 g/mol. The van der Waals surface area contributed by atoms with Crippen LogP contribution in [0.1, 0.15) is 130 Å². The van der Waals surface area contributed by atoms with Crippen LogP contribution in [-0.2, 0) is 163 Å². The summed E-state index contributed by atoms with van der Waals surface area (Å²) in [6.07, 6.45) is 19.9. The number of allylic oxidation sites excluding steroid dienone is 6. The molecule has 0 unspecified atom stereocenters. The van der Waals surface area contributed by atoms with Gasteiger partial charge in [0.2, 0.25) is 17.5 Å². The van der Waals surface area contributed by atoms with Gasteiger partial charge < -0.3 is 144 Å². The SMILES string of the molecule is CC[NH+](CC)CC.COCCOCCOCCOCCOCCOCCOCCOCCOCCOCCOCCOCCOCCOCCOCCOCCOCCOCCOCCOCCOCCOCCOCCOCCNC(=O)CCCCCN1C(=CC=CC=CC2=[N+](CCCCCC(=O)NCCCCCN3C(=O)C=CC3=O)c3ccc(SOO[O-])cc3C2(C)C)C(C)(C)c2cc(S(=O)(=O)[O-])ccc21. The summed E-state index contributed by atoms with van der Waals surface area (Å²) in [7, 11) is -3.08. The van der Waals surface area contributed by atoms with Gasteiger partial charge in [0, 0.05) is 104 Å². The van der Waals surface area contributed by atoms with Gasteiger partial charge in [0.1, 0.15) is 16.7 Å². The van der Waals surface area contributed by atoms with E-state index in [0.717, 1.165) is 84.5 Å². The average Bonchev–Trinajstić information content (AvgIpc) is 1.60. The minimum Gasteiger partial charge on any atom is -0.744 e. The van der Waals surface area contributed by atoms with Crippen LogP contribution in [-0.4, -0.2) is 422 Å². The molecule has 0 radical (unpaired) electrons. The van der Waals surface area contributed by atoms with Crippen LogP contribution < -0.4 is 25.7 Å². The van der Waals surface area contributed by atoms with Gasteiger partial charge in [-0.05, 0) is 122 Å². The molecule has 40 nitrogen and oxygen atoms in total. The van der Waals surface area contributed by atoms with E-state index in [0.29, 0.717) is 380 Å². The van der Waals surface area contributed by atoms with E-state index in [9.17, 15) is 37.4 Å². The fourth-order valence-electron chi connectivity index (χ4n) is 14.6. The van der Waals surface area contributed by atoms with E-state index < -0.39 is 20.9 Å². The van der Waals surface area contributed by atoms with Crippen molar-refractivity contribution >= 4 is 62.9 Å². The van der Waals surface area contributed by atoms with Crippen LogP contribution in [0.2, 0.25) is 0 Å². The molecule has 3 N–H and O–H groups in total. The number of amides is 4. The number of benzene rings is 2. The molecule has 0 saturated carbocycles. The number of nitrogens with one attached hydrogen (secondary N) is 3. The zero-order valence-electron chi connectivity index (χ0n) is 86.7. The normalized spacial score (nSPS) is 14.2. The molecule has 2 aromatic carbocycles. The highest BCUT2D eigenvalue weighted by atomic mass is 32.2. The van der Waals surface area contributed by atoms with Crippen molar-refractivity contribution in [3.05, 3.63) is 95.8 Å². The number of ether oxygens (including phenoxy) is 24. The summed E-state index contributed by atoms with van der Waals surface area (Å²) in [6, 6.07) is 10.4. The number of anilines is 1. The van der Waals surface area contributed by atoms with Crippen LogP contribution in [0.25, 0.3) is 0 Å². The topological polar surface area (TPSA) is 427 Å². The zero-order chi connectivity index (χ0) is 103. The molecule has 3 aliphatic heterocycles. The molecule has 0 atom stereocenters. The number of imide groups is 1. The number of methoxy groups -OCH3 is 1. The number of unbranched alkanes of at least 4 members (excludes halogenated alkanes) is 6. The van der Waals surface area contributed by atoms with Crippen LogP contribution in [0, 0.1) is 0 Å². The van der Waals surface area contributed by atoms with Gasteiger partial charge in [0.15, 0.2) is 5.71 Å². The molecule has 0 aromatic heterocycles. The zero-order valence-corrected chi connectivity index (χ0v) is 88.3. The number of hydrogen-bond acceptors (Lipinski definition) is 36. The van der Waals surface area contributed by atoms with Gasteiger partial charge in [-0.2, -0.15) is 8.91 Å². The van der Waals surface area contributed by atoms with Crippen LogP contribution in [0.5, 0.6) is 0 Å². The van der Waals surface area contributed by atoms with E-state index in [1.807, 2.05) is 56.4 Å². The molecule has 0 aliphatic carbocycles. The van der Waals surface area contributed by atoms with Gasteiger partial charge in [-0.15, -0.1) is 0 Å². The third-order valence-corrected chi connectivity index (χ3v) is 23.8. The van der Waals surface area contributed by atoms with Crippen LogP contribution >= 0.6 is 12.0 Å². The summed E-state index contributed by atoms with van der Waals surface area (Å²) in [6.45, 7) is 43.2. The van der Waals surface area contributed by atoms with Crippen molar-refractivity contribution < 1.29 is 170 Å². The van der Waals surface area contributed by atoms with Crippen LogP contribution in [0.4, 0.5) is 11.4 Å². The fraction of sp³-hybridized carbons (Fsp3) is 0.752. The first-order chi connectivity index (χ1) is 69.8. The Labute approximate surface area is 854 Å². The van der Waals surface area contributed by atoms with Crippen molar-refractivity contribution in [1.82, 2.24) is 15.5 Å². The lowest BCUT2D eigenvalue weighted by Crippen LogP contribution is -3.11. The van der Waals surface area contributed by atoms with Gasteiger partial charge in [-0.3, -0.25) is 29.1 Å². The molecule has 0 fully saturated rings. The second kappa shape index (κ2) is 87.9. The highest BCUT2D eigenvalue weighted by molar-refractivity contribution is 7.94. The maximum absolute atomic E-state index is 12.8. The summed E-state index contributed by atoms with van der Waals surface area (Å²) in [5.74, 6) is -0.663. The summed E-state index contributed by atoms with van der Waals surface area (Å²) in [5, 5.41) is 20.3. The van der Waals surface area contributed by atoms with Gasteiger partial charge in [-0.25, -0.2) is 8.42 Å². The largest absolute Gasteiger partial charge is 0.744 e. The fourth-order valence-corrected chi connectivity index (χ4v) is 15.5. The molecule has 3 aliphatic rings. The Morgan fingerprint density at radius 2 is 0.741 bits per heavy atom. The summed E-state index contributed by atoms with van der Waals surface area (Å²) in [5.41, 5.74) is 4.40. The Bertz CT molecular complexity index is 3790. The maximum atomic E-state index is 12.8. The number of carbonyl (C=O) groups is 4. The summed E-state index contributed by atoms with van der Waals surface area (Å²) in [4.78, 5) is 54.6. The van der Waals surface area contributed by atoms with Crippen LogP contribution in [0.15, 0.2) is 94.4 Å². The highest BCUT2D eigenvalue weighted by Gasteiger charge is 2.45. The maximum Gasteiger partial charge on any atom is 0.253 e. The van der Waals surface area contributed by atoms with E-state index in [1.165, 1.54) is 48.8 Å². The molecule has 0 bridgehead atoms. The van der Waals surface area contributed by atoms with Crippen molar-refractivity contribution in [2.75, 3.05) is 375 Å². The third-order valence-electron chi connectivity index (χ3n) is 22.4. The Balaban J connectivity index is 0.00000585. The quantitative estimate of drug-likeness (QED) is 0.00942. The lowest BCUT2D eigenvalue weighted by Gasteiger charge is -2.27. The summed E-state index contributed by atoms with van der Waals surface area (Å²) < 4.78 is 176. The first-order valence-corrected chi connectivity index (χ1v) is 53.0. The predicted octanol–water partition coefficient (Wildman–Crippen LogP) is 6.40. The Hall–Kier alpha value is -5.91. The second-order valence-corrected chi connectivity index (χ2v) is 35.9. The molecule has 143 heavy (non-hydrogen) atoms. The smallest absolute Gasteiger partial charge is 0.253 e. The first kappa shape index (κ1) is 129. The number of quaternary nitrogens is 1. The predicted molar refractivity (Wildman–Crippen MR) is 534 cm³/mol. The van der Waals surface area contributed by atoms with E-state index in [1.54, 1.807) is 18.1 Å². The third kappa shape index (κ3) is 63.6. The van der Waals surface area contributed by atoms with Crippen molar-refractivity contribution in [3.63, 3.8) is 0 Å². The summed E-state index contributed by atoms with van der Waals surface area (Å²) >= 11 is 0.833. The first-order valence-electron chi connectivity index (χ1n) is 50.9. The monoisotopic (exact) mass is 2080 g/mol. The number of nitrogens with zero attached hydrogens (tertiary/aromatic N) is 3. The lowest BCUT2D eigenvalue weighted by atomic mass is 9.81. The lowest BCUT2D eigenvalue weighted by molar-refractivity contribution is -0.894. The number of hydrogen-bond donors (Lipinski definition) is 3. The second-order valence-electron chi connectivity index (χ2n) is 33.7. The van der Waals surface area contributed by atoms with E-state index >= 15 is 0 Å². The van der Waals surface area contributed by atoms with Crippen molar-refractivity contribution in [2.24, 2.45) is 0 Å². The molecular formula is C101H172N6O34S2. The molecule has 5 rings (SSSR count). The Morgan fingerprint density at radius 3 is 1.09 bits per heavy atom. The van der Waals surface area contributed by atoms with E-state index in [-0.39, 0.29) is 28.5 Å². The van der Waals surface area contributed by atoms with Gasteiger partial charge in [-0.1, -0.05) is 38.5 Å². The Kier molecular flexibility index (Phi) is 79.5. The molecule has 4 amide bonds. The molecular weight excluding hydrogens is 1910 g/mol. The van der Waals surface area contributed by atoms with Gasteiger partial charge in [0.05, 0.1) is 353 Å². The molecule has 0 spiro atoms. The van der Waals surface area contributed by atoms with Gasteiger partial charge >= 0.3 is 0 Å². The van der Waals surface area contributed by atoms with E-state index in [2.05, 4.69) is 70.2 Å². The number of fused-ring (bicyclic) bond motifs is 2. The number of carbonyl (C=O) groups excluding carboxylic acids is 4. The van der Waals surface area contributed by atoms with Crippen molar-refractivity contribution in [1.29, 1.82) is 0 Å². The highest BCUT2D eigenvalue weighted by Crippen LogP contribution is 2.49. The number of rotatable bonds is 100. The minimum atomic E-state index is -4.72. The molecule has 822 valence electrons.